The summed E-state index contributed by atoms with van der Waals surface area (Å²) in [7, 11) is 0. The van der Waals surface area contributed by atoms with Crippen LogP contribution in [-0.2, 0) is 11.2 Å². The first-order valence-electron chi connectivity index (χ1n) is 5.69. The van der Waals surface area contributed by atoms with Gasteiger partial charge in [-0.15, -0.1) is 0 Å². The molecule has 1 aliphatic rings. The lowest BCUT2D eigenvalue weighted by Gasteiger charge is -2.30. The van der Waals surface area contributed by atoms with E-state index >= 15 is 0 Å². The van der Waals surface area contributed by atoms with Gasteiger partial charge in [0.2, 0.25) is 0 Å². The summed E-state index contributed by atoms with van der Waals surface area (Å²) in [6.07, 6.45) is 1.87. The van der Waals surface area contributed by atoms with Gasteiger partial charge in [0.15, 0.2) is 0 Å². The SMILES string of the molecule is CC1OCCC1(CBr)Cc1ccc(Br)cc1F. The van der Waals surface area contributed by atoms with Gasteiger partial charge >= 0.3 is 0 Å². The van der Waals surface area contributed by atoms with Crippen molar-refractivity contribution in [2.45, 2.75) is 25.9 Å². The zero-order valence-corrected chi connectivity index (χ0v) is 12.9. The van der Waals surface area contributed by atoms with Crippen molar-refractivity contribution in [1.82, 2.24) is 0 Å². The monoisotopic (exact) mass is 364 g/mol. The zero-order chi connectivity index (χ0) is 12.5. The second-order valence-corrected chi connectivity index (χ2v) is 6.15. The van der Waals surface area contributed by atoms with Crippen molar-refractivity contribution in [2.75, 3.05) is 11.9 Å². The lowest BCUT2D eigenvalue weighted by molar-refractivity contribution is 0.0743. The molecule has 1 aromatic rings. The van der Waals surface area contributed by atoms with Crippen LogP contribution in [0, 0.1) is 11.2 Å². The molecule has 17 heavy (non-hydrogen) atoms. The summed E-state index contributed by atoms with van der Waals surface area (Å²) in [5, 5.41) is 0.844. The van der Waals surface area contributed by atoms with Gasteiger partial charge in [-0.2, -0.15) is 0 Å². The number of hydrogen-bond donors (Lipinski definition) is 0. The molecule has 2 atom stereocenters. The van der Waals surface area contributed by atoms with E-state index in [9.17, 15) is 4.39 Å². The van der Waals surface area contributed by atoms with Crippen LogP contribution in [0.5, 0.6) is 0 Å². The minimum Gasteiger partial charge on any atom is -0.378 e. The van der Waals surface area contributed by atoms with Gasteiger partial charge < -0.3 is 4.74 Å². The van der Waals surface area contributed by atoms with Gasteiger partial charge in [-0.05, 0) is 37.5 Å². The van der Waals surface area contributed by atoms with Gasteiger partial charge in [-0.3, -0.25) is 0 Å². The first-order valence-corrected chi connectivity index (χ1v) is 7.60. The third-order valence-electron chi connectivity index (χ3n) is 3.65. The van der Waals surface area contributed by atoms with E-state index in [-0.39, 0.29) is 17.3 Å². The molecule has 0 N–H and O–H groups in total. The van der Waals surface area contributed by atoms with Gasteiger partial charge in [-0.25, -0.2) is 4.39 Å². The Hall–Kier alpha value is 0.0700. The average molecular weight is 366 g/mol. The Kier molecular flexibility index (Phi) is 4.26. The highest BCUT2D eigenvalue weighted by Gasteiger charge is 2.41. The van der Waals surface area contributed by atoms with Crippen molar-refractivity contribution in [3.8, 4) is 0 Å². The Bertz CT molecular complexity index is 410. The Morgan fingerprint density at radius 3 is 2.82 bits per heavy atom. The third kappa shape index (κ3) is 2.74. The topological polar surface area (TPSA) is 9.23 Å². The molecule has 0 amide bonds. The molecule has 0 aromatic heterocycles. The quantitative estimate of drug-likeness (QED) is 0.725. The van der Waals surface area contributed by atoms with E-state index in [1.54, 1.807) is 0 Å². The van der Waals surface area contributed by atoms with Crippen LogP contribution in [0.2, 0.25) is 0 Å². The summed E-state index contributed by atoms with van der Waals surface area (Å²) in [6, 6.07) is 5.27. The van der Waals surface area contributed by atoms with Crippen LogP contribution in [0.25, 0.3) is 0 Å². The highest BCUT2D eigenvalue weighted by molar-refractivity contribution is 9.10. The summed E-state index contributed by atoms with van der Waals surface area (Å²) in [6.45, 7) is 2.84. The summed E-state index contributed by atoms with van der Waals surface area (Å²) < 4.78 is 20.3. The first kappa shape index (κ1) is 13.5. The van der Waals surface area contributed by atoms with Gasteiger partial charge in [0, 0.05) is 21.8 Å². The highest BCUT2D eigenvalue weighted by atomic mass is 79.9. The van der Waals surface area contributed by atoms with Crippen molar-refractivity contribution >= 4 is 31.9 Å². The van der Waals surface area contributed by atoms with E-state index in [1.807, 2.05) is 12.1 Å². The van der Waals surface area contributed by atoms with Crippen molar-refractivity contribution in [3.05, 3.63) is 34.1 Å². The number of alkyl halides is 1. The highest BCUT2D eigenvalue weighted by Crippen LogP contribution is 2.40. The first-order chi connectivity index (χ1) is 8.07. The standard InChI is InChI=1S/C13H15Br2FO/c1-9-13(8-14,4-5-17-9)7-10-2-3-11(15)6-12(10)16/h2-3,6,9H,4-5,7-8H2,1H3. The van der Waals surface area contributed by atoms with Crippen LogP contribution in [0.3, 0.4) is 0 Å². The van der Waals surface area contributed by atoms with E-state index < -0.39 is 0 Å². The number of halogens is 3. The number of rotatable bonds is 3. The number of ether oxygens (including phenoxy) is 1. The Balaban J connectivity index is 2.24. The summed E-state index contributed by atoms with van der Waals surface area (Å²) >= 11 is 6.84. The average Bonchev–Trinajstić information content (AvgIpc) is 2.65. The van der Waals surface area contributed by atoms with Crippen LogP contribution in [0.1, 0.15) is 18.9 Å². The van der Waals surface area contributed by atoms with Crippen molar-refractivity contribution in [1.29, 1.82) is 0 Å². The minimum atomic E-state index is -0.140. The van der Waals surface area contributed by atoms with Crippen LogP contribution in [-0.4, -0.2) is 18.0 Å². The van der Waals surface area contributed by atoms with E-state index in [2.05, 4.69) is 38.8 Å². The fourth-order valence-corrected chi connectivity index (χ4v) is 3.59. The van der Waals surface area contributed by atoms with Gasteiger partial charge in [-0.1, -0.05) is 37.9 Å². The van der Waals surface area contributed by atoms with Gasteiger partial charge in [0.1, 0.15) is 5.82 Å². The normalized spacial score (nSPS) is 28.6. The molecule has 1 aromatic carbocycles. The van der Waals surface area contributed by atoms with E-state index in [0.717, 1.165) is 34.8 Å². The molecule has 0 bridgehead atoms. The number of benzene rings is 1. The Labute approximate surface area is 118 Å². The molecule has 1 saturated heterocycles. The molecule has 1 nitrogen and oxygen atoms in total. The van der Waals surface area contributed by atoms with Crippen molar-refractivity contribution in [2.24, 2.45) is 5.41 Å². The summed E-state index contributed by atoms with van der Waals surface area (Å²) in [5.41, 5.74) is 0.791. The second kappa shape index (κ2) is 5.37. The summed E-state index contributed by atoms with van der Waals surface area (Å²) in [5.74, 6) is -0.140. The molecule has 1 fully saturated rings. The maximum absolute atomic E-state index is 13.9. The van der Waals surface area contributed by atoms with E-state index in [0.29, 0.717) is 0 Å². The van der Waals surface area contributed by atoms with E-state index in [4.69, 9.17) is 4.74 Å². The van der Waals surface area contributed by atoms with Crippen LogP contribution in [0.4, 0.5) is 4.39 Å². The summed E-state index contributed by atoms with van der Waals surface area (Å²) in [4.78, 5) is 0. The molecule has 2 unspecified atom stereocenters. The van der Waals surface area contributed by atoms with Crippen molar-refractivity contribution < 1.29 is 9.13 Å². The number of hydrogen-bond acceptors (Lipinski definition) is 1. The molecule has 0 spiro atoms. The predicted molar refractivity (Wildman–Crippen MR) is 74.1 cm³/mol. The maximum Gasteiger partial charge on any atom is 0.127 e. The third-order valence-corrected chi connectivity index (χ3v) is 5.26. The van der Waals surface area contributed by atoms with Crippen LogP contribution < -0.4 is 0 Å². The fourth-order valence-electron chi connectivity index (χ4n) is 2.32. The zero-order valence-electron chi connectivity index (χ0n) is 9.68. The maximum atomic E-state index is 13.9. The van der Waals surface area contributed by atoms with E-state index in [1.165, 1.54) is 6.07 Å². The van der Waals surface area contributed by atoms with Crippen molar-refractivity contribution in [3.63, 3.8) is 0 Å². The molecule has 94 valence electrons. The second-order valence-electron chi connectivity index (χ2n) is 4.67. The molecular formula is C13H15Br2FO. The molecule has 0 saturated carbocycles. The molecule has 1 heterocycles. The van der Waals surface area contributed by atoms with Crippen LogP contribution >= 0.6 is 31.9 Å². The molecular weight excluding hydrogens is 351 g/mol. The largest absolute Gasteiger partial charge is 0.378 e. The molecule has 1 aliphatic heterocycles. The van der Waals surface area contributed by atoms with Gasteiger partial charge in [0.05, 0.1) is 6.10 Å². The molecule has 2 rings (SSSR count). The smallest absolute Gasteiger partial charge is 0.127 e. The Morgan fingerprint density at radius 1 is 1.53 bits per heavy atom. The minimum absolute atomic E-state index is 0.0225. The molecule has 4 heteroatoms. The lowest BCUT2D eigenvalue weighted by atomic mass is 9.78. The van der Waals surface area contributed by atoms with Gasteiger partial charge in [0.25, 0.3) is 0 Å². The lowest BCUT2D eigenvalue weighted by Crippen LogP contribution is -2.33. The fraction of sp³-hybridized carbons (Fsp3) is 0.538. The predicted octanol–water partition coefficient (Wildman–Crippen LogP) is 4.32. The molecule has 0 aliphatic carbocycles. The Morgan fingerprint density at radius 2 is 2.29 bits per heavy atom. The molecule has 0 radical (unpaired) electrons. The van der Waals surface area contributed by atoms with Crippen LogP contribution in [0.15, 0.2) is 22.7 Å².